The highest BCUT2D eigenvalue weighted by Gasteiger charge is 2.01. The van der Waals surface area contributed by atoms with Gasteiger partial charge in [0.05, 0.1) is 0 Å². The summed E-state index contributed by atoms with van der Waals surface area (Å²) in [6.07, 6.45) is 4.51. The van der Waals surface area contributed by atoms with Crippen molar-refractivity contribution in [2.75, 3.05) is 0 Å². The molecular weight excluding hydrogens is 152 g/mol. The lowest BCUT2D eigenvalue weighted by Gasteiger charge is -1.96. The van der Waals surface area contributed by atoms with Crippen molar-refractivity contribution in [3.05, 3.63) is 12.7 Å². The second kappa shape index (κ2) is 6.77. The summed E-state index contributed by atoms with van der Waals surface area (Å²) in [6, 6.07) is 0. The molecule has 0 atom stereocenters. The lowest BCUT2D eigenvalue weighted by atomic mass is 10.1. The van der Waals surface area contributed by atoms with E-state index in [1.807, 2.05) is 6.92 Å². The van der Waals surface area contributed by atoms with Crippen LogP contribution in [-0.2, 0) is 9.59 Å². The summed E-state index contributed by atoms with van der Waals surface area (Å²) in [6.45, 7) is 5.34. The molecule has 12 heavy (non-hydrogen) atoms. The van der Waals surface area contributed by atoms with Crippen molar-refractivity contribution in [1.82, 2.24) is 0 Å². The highest BCUT2D eigenvalue weighted by atomic mass is 16.1. The van der Waals surface area contributed by atoms with Gasteiger partial charge in [0.1, 0.15) is 5.78 Å². The lowest BCUT2D eigenvalue weighted by molar-refractivity contribution is -0.119. The van der Waals surface area contributed by atoms with E-state index in [4.69, 9.17) is 0 Å². The third-order valence-corrected chi connectivity index (χ3v) is 1.64. The molecule has 0 aliphatic carbocycles. The number of allylic oxidation sites excluding steroid dienone is 1. The summed E-state index contributed by atoms with van der Waals surface area (Å²) in [7, 11) is 0. The predicted octanol–water partition coefficient (Wildman–Crippen LogP) is 2.28. The molecule has 2 nitrogen and oxygen atoms in total. The van der Waals surface area contributed by atoms with Gasteiger partial charge in [-0.15, -0.1) is 0 Å². The third-order valence-electron chi connectivity index (χ3n) is 1.64. The monoisotopic (exact) mass is 168 g/mol. The van der Waals surface area contributed by atoms with Gasteiger partial charge in [-0.3, -0.25) is 9.59 Å². The van der Waals surface area contributed by atoms with Crippen molar-refractivity contribution >= 4 is 11.6 Å². The quantitative estimate of drug-likeness (QED) is 0.546. The molecule has 2 heteroatoms. The zero-order valence-electron chi connectivity index (χ0n) is 7.64. The molecule has 0 fully saturated rings. The van der Waals surface area contributed by atoms with E-state index in [1.165, 1.54) is 6.08 Å². The van der Waals surface area contributed by atoms with Crippen LogP contribution in [0.2, 0.25) is 0 Å². The van der Waals surface area contributed by atoms with E-state index in [0.717, 1.165) is 6.42 Å². The molecular formula is C10H16O2. The van der Waals surface area contributed by atoms with Crippen molar-refractivity contribution < 1.29 is 9.59 Å². The van der Waals surface area contributed by atoms with Gasteiger partial charge in [-0.25, -0.2) is 0 Å². The second-order valence-electron chi connectivity index (χ2n) is 2.81. The third kappa shape index (κ3) is 5.83. The fourth-order valence-corrected chi connectivity index (χ4v) is 0.966. The number of carbonyl (C=O) groups is 2. The molecule has 0 aliphatic heterocycles. The van der Waals surface area contributed by atoms with Gasteiger partial charge in [0.25, 0.3) is 0 Å². The Bertz CT molecular complexity index is 171. The number of rotatable bonds is 7. The van der Waals surface area contributed by atoms with E-state index in [0.29, 0.717) is 25.7 Å². The molecule has 0 aromatic rings. The topological polar surface area (TPSA) is 34.1 Å². The summed E-state index contributed by atoms with van der Waals surface area (Å²) in [5.41, 5.74) is 0. The maximum Gasteiger partial charge on any atom is 0.155 e. The second-order valence-corrected chi connectivity index (χ2v) is 2.81. The van der Waals surface area contributed by atoms with Crippen molar-refractivity contribution in [1.29, 1.82) is 0 Å². The fourth-order valence-electron chi connectivity index (χ4n) is 0.966. The van der Waals surface area contributed by atoms with Crippen LogP contribution in [0.15, 0.2) is 12.7 Å². The molecule has 0 saturated heterocycles. The summed E-state index contributed by atoms with van der Waals surface area (Å²) in [5.74, 6) is 0.286. The zero-order valence-corrected chi connectivity index (χ0v) is 7.64. The highest BCUT2D eigenvalue weighted by molar-refractivity contribution is 5.89. The van der Waals surface area contributed by atoms with Crippen molar-refractivity contribution in [2.45, 2.75) is 39.0 Å². The van der Waals surface area contributed by atoms with Crippen LogP contribution >= 0.6 is 0 Å². The van der Waals surface area contributed by atoms with Gasteiger partial charge in [-0.05, 0) is 18.9 Å². The molecule has 0 heterocycles. The minimum Gasteiger partial charge on any atom is -0.300 e. The van der Waals surface area contributed by atoms with Crippen molar-refractivity contribution in [3.8, 4) is 0 Å². The first kappa shape index (κ1) is 11.1. The molecule has 0 rings (SSSR count). The van der Waals surface area contributed by atoms with Gasteiger partial charge < -0.3 is 0 Å². The molecule has 0 unspecified atom stereocenters. The predicted molar refractivity (Wildman–Crippen MR) is 49.0 cm³/mol. The van der Waals surface area contributed by atoms with Crippen molar-refractivity contribution in [2.24, 2.45) is 0 Å². The first-order valence-electron chi connectivity index (χ1n) is 4.37. The Balaban J connectivity index is 3.36. The van der Waals surface area contributed by atoms with E-state index in [1.54, 1.807) is 0 Å². The molecule has 0 spiro atoms. The number of ketones is 2. The molecule has 68 valence electrons. The summed E-state index contributed by atoms with van der Waals surface area (Å²) in [5, 5.41) is 0. The van der Waals surface area contributed by atoms with E-state index in [-0.39, 0.29) is 11.6 Å². The number of hydrogen-bond acceptors (Lipinski definition) is 2. The van der Waals surface area contributed by atoms with Crippen LogP contribution in [-0.4, -0.2) is 11.6 Å². The van der Waals surface area contributed by atoms with Crippen LogP contribution < -0.4 is 0 Å². The normalized spacial score (nSPS) is 9.42. The van der Waals surface area contributed by atoms with Crippen LogP contribution in [0.1, 0.15) is 39.0 Å². The fraction of sp³-hybridized carbons (Fsp3) is 0.600. The van der Waals surface area contributed by atoms with E-state index in [2.05, 4.69) is 6.58 Å². The minimum absolute atomic E-state index is 0.0271. The van der Waals surface area contributed by atoms with Crippen molar-refractivity contribution in [3.63, 3.8) is 0 Å². The Morgan fingerprint density at radius 1 is 1.25 bits per heavy atom. The molecule has 0 saturated carbocycles. The lowest BCUT2D eigenvalue weighted by Crippen LogP contribution is -1.99. The number of hydrogen-bond donors (Lipinski definition) is 0. The van der Waals surface area contributed by atoms with Crippen LogP contribution in [0.4, 0.5) is 0 Å². The van der Waals surface area contributed by atoms with Gasteiger partial charge in [-0.2, -0.15) is 0 Å². The average molecular weight is 168 g/mol. The van der Waals surface area contributed by atoms with E-state index < -0.39 is 0 Å². The summed E-state index contributed by atoms with van der Waals surface area (Å²) in [4.78, 5) is 21.7. The van der Waals surface area contributed by atoms with Crippen LogP contribution in [0.25, 0.3) is 0 Å². The smallest absolute Gasteiger partial charge is 0.155 e. The standard InChI is InChI=1S/C10H16O2/c1-3-6-10(12)8-5-7-9(11)4-2/h4H,2-3,5-8H2,1H3. The van der Waals surface area contributed by atoms with Gasteiger partial charge in [0.15, 0.2) is 5.78 Å². The Morgan fingerprint density at radius 3 is 2.42 bits per heavy atom. The largest absolute Gasteiger partial charge is 0.300 e. The molecule has 0 bridgehead atoms. The Labute approximate surface area is 73.7 Å². The Kier molecular flexibility index (Phi) is 6.25. The van der Waals surface area contributed by atoms with Gasteiger partial charge >= 0.3 is 0 Å². The van der Waals surface area contributed by atoms with Crippen LogP contribution in [0.5, 0.6) is 0 Å². The zero-order chi connectivity index (χ0) is 9.40. The van der Waals surface area contributed by atoms with Gasteiger partial charge in [0, 0.05) is 19.3 Å². The molecule has 0 aromatic carbocycles. The minimum atomic E-state index is 0.0271. The Morgan fingerprint density at radius 2 is 1.92 bits per heavy atom. The van der Waals surface area contributed by atoms with Gasteiger partial charge in [-0.1, -0.05) is 13.5 Å². The average Bonchev–Trinajstić information content (AvgIpc) is 2.04. The first-order valence-corrected chi connectivity index (χ1v) is 4.37. The van der Waals surface area contributed by atoms with Gasteiger partial charge in [0.2, 0.25) is 0 Å². The SMILES string of the molecule is C=CC(=O)CCCC(=O)CCC. The molecule has 0 N–H and O–H groups in total. The summed E-state index contributed by atoms with van der Waals surface area (Å²) >= 11 is 0. The number of carbonyl (C=O) groups excluding carboxylic acids is 2. The van der Waals surface area contributed by atoms with Crippen LogP contribution in [0.3, 0.4) is 0 Å². The molecule has 0 aromatic heterocycles. The molecule has 0 aliphatic rings. The highest BCUT2D eigenvalue weighted by Crippen LogP contribution is 2.01. The Hall–Kier alpha value is -0.920. The number of Topliss-reactive ketones (excluding diaryl/α,β-unsaturated/α-hetero) is 1. The first-order chi connectivity index (χ1) is 5.70. The maximum absolute atomic E-state index is 11.0. The molecule has 0 radical (unpaired) electrons. The summed E-state index contributed by atoms with van der Waals surface area (Å²) < 4.78 is 0. The maximum atomic E-state index is 11.0. The van der Waals surface area contributed by atoms with E-state index in [9.17, 15) is 9.59 Å². The molecule has 0 amide bonds. The van der Waals surface area contributed by atoms with E-state index >= 15 is 0 Å². The van der Waals surface area contributed by atoms with Crippen LogP contribution in [0, 0.1) is 0 Å².